The average Bonchev–Trinajstić information content (AvgIpc) is 2.28. The number of hydrogen-bond donors (Lipinski definition) is 2. The molecule has 1 aromatic rings. The molecule has 0 aromatic heterocycles. The van der Waals surface area contributed by atoms with Gasteiger partial charge < -0.3 is 10.2 Å². The van der Waals surface area contributed by atoms with Crippen molar-refractivity contribution >= 4 is 33.5 Å². The molecule has 94 valence electrons. The third kappa shape index (κ3) is 3.69. The van der Waals surface area contributed by atoms with Gasteiger partial charge in [0.15, 0.2) is 0 Å². The highest BCUT2D eigenvalue weighted by molar-refractivity contribution is 9.10. The molecule has 2 N–H and O–H groups in total. The Morgan fingerprint density at radius 1 is 1.53 bits per heavy atom. The first-order valence-corrected chi connectivity index (χ1v) is 6.50. The number of aliphatic hydroxyl groups excluding tert-OH is 1. The fourth-order valence-electron chi connectivity index (χ4n) is 1.69. The first-order valence-electron chi connectivity index (χ1n) is 5.33. The number of carbonyl (C=O) groups is 1. The van der Waals surface area contributed by atoms with Gasteiger partial charge in [0.25, 0.3) is 0 Å². The maximum Gasteiger partial charge on any atom is 0.309 e. The number of halogens is 2. The normalized spacial score (nSPS) is 14.4. The van der Waals surface area contributed by atoms with E-state index in [1.807, 2.05) is 6.92 Å². The minimum Gasteiger partial charge on any atom is -0.481 e. The molecule has 3 nitrogen and oxygen atoms in total. The fourth-order valence-corrected chi connectivity index (χ4v) is 2.35. The minimum absolute atomic E-state index is 0.426. The van der Waals surface area contributed by atoms with E-state index in [1.54, 1.807) is 18.2 Å². The molecule has 2 atom stereocenters. The predicted molar refractivity (Wildman–Crippen MR) is 70.1 cm³/mol. The summed E-state index contributed by atoms with van der Waals surface area (Å²) < 4.78 is 0.664. The maximum absolute atomic E-state index is 11.1. The van der Waals surface area contributed by atoms with E-state index in [0.717, 1.165) is 0 Å². The van der Waals surface area contributed by atoms with E-state index in [1.165, 1.54) is 0 Å². The Morgan fingerprint density at radius 3 is 2.71 bits per heavy atom. The summed E-state index contributed by atoms with van der Waals surface area (Å²) in [4.78, 5) is 11.1. The van der Waals surface area contributed by atoms with Gasteiger partial charge in [-0.25, -0.2) is 0 Å². The SMILES string of the molecule is CCCC(C(=O)O)C(O)c1cc(Cl)ccc1Br. The van der Waals surface area contributed by atoms with Gasteiger partial charge in [-0.05, 0) is 30.2 Å². The van der Waals surface area contributed by atoms with Gasteiger partial charge in [-0.1, -0.05) is 40.9 Å². The van der Waals surface area contributed by atoms with Crippen molar-refractivity contribution in [1.82, 2.24) is 0 Å². The first-order chi connectivity index (χ1) is 7.97. The van der Waals surface area contributed by atoms with Crippen LogP contribution in [-0.4, -0.2) is 16.2 Å². The van der Waals surface area contributed by atoms with Gasteiger partial charge in [-0.3, -0.25) is 4.79 Å². The van der Waals surface area contributed by atoms with Crippen molar-refractivity contribution in [2.24, 2.45) is 5.92 Å². The molecule has 0 aliphatic carbocycles. The van der Waals surface area contributed by atoms with Crippen LogP contribution >= 0.6 is 27.5 Å². The molecule has 1 aromatic carbocycles. The van der Waals surface area contributed by atoms with Crippen molar-refractivity contribution in [2.75, 3.05) is 0 Å². The second kappa shape index (κ2) is 6.38. The summed E-state index contributed by atoms with van der Waals surface area (Å²) in [6.45, 7) is 1.88. The van der Waals surface area contributed by atoms with Crippen LogP contribution in [0.25, 0.3) is 0 Å². The van der Waals surface area contributed by atoms with E-state index in [4.69, 9.17) is 16.7 Å². The van der Waals surface area contributed by atoms with Crippen LogP contribution in [0.5, 0.6) is 0 Å². The molecular weight excluding hydrogens is 307 g/mol. The lowest BCUT2D eigenvalue weighted by Crippen LogP contribution is -2.22. The molecule has 2 unspecified atom stereocenters. The molecule has 0 saturated heterocycles. The number of rotatable bonds is 5. The molecule has 0 saturated carbocycles. The van der Waals surface area contributed by atoms with Crippen LogP contribution in [-0.2, 0) is 4.79 Å². The maximum atomic E-state index is 11.1. The summed E-state index contributed by atoms with van der Waals surface area (Å²) in [6.07, 6.45) is 0.0716. The predicted octanol–water partition coefficient (Wildman–Crippen LogP) is 3.64. The highest BCUT2D eigenvalue weighted by Crippen LogP contribution is 2.33. The Balaban J connectivity index is 3.04. The molecule has 0 aliphatic heterocycles. The highest BCUT2D eigenvalue weighted by Gasteiger charge is 2.28. The summed E-state index contributed by atoms with van der Waals surface area (Å²) in [5, 5.41) is 19.7. The van der Waals surface area contributed by atoms with E-state index in [0.29, 0.717) is 27.9 Å². The van der Waals surface area contributed by atoms with E-state index >= 15 is 0 Å². The molecule has 0 radical (unpaired) electrons. The van der Waals surface area contributed by atoms with Gasteiger partial charge >= 0.3 is 5.97 Å². The molecule has 17 heavy (non-hydrogen) atoms. The van der Waals surface area contributed by atoms with Gasteiger partial charge in [0.2, 0.25) is 0 Å². The number of hydrogen-bond acceptors (Lipinski definition) is 2. The standard InChI is InChI=1S/C12H14BrClO3/c1-2-3-8(12(16)17)11(15)9-6-7(14)4-5-10(9)13/h4-6,8,11,15H,2-3H2,1H3,(H,16,17). The number of carboxylic acids is 1. The van der Waals surface area contributed by atoms with Crippen LogP contribution in [0.2, 0.25) is 5.02 Å². The number of aliphatic carboxylic acids is 1. The lowest BCUT2D eigenvalue weighted by molar-refractivity contribution is -0.146. The highest BCUT2D eigenvalue weighted by atomic mass is 79.9. The summed E-state index contributed by atoms with van der Waals surface area (Å²) in [5.74, 6) is -1.80. The number of benzene rings is 1. The Hall–Kier alpha value is -0.580. The van der Waals surface area contributed by atoms with E-state index in [-0.39, 0.29) is 0 Å². The van der Waals surface area contributed by atoms with Gasteiger partial charge in [0, 0.05) is 9.50 Å². The zero-order valence-electron chi connectivity index (χ0n) is 9.36. The van der Waals surface area contributed by atoms with Crippen molar-refractivity contribution in [3.63, 3.8) is 0 Å². The minimum atomic E-state index is -1.06. The van der Waals surface area contributed by atoms with Gasteiger partial charge in [-0.15, -0.1) is 0 Å². The molecule has 0 aliphatic rings. The van der Waals surface area contributed by atoms with Crippen molar-refractivity contribution in [3.05, 3.63) is 33.3 Å². The van der Waals surface area contributed by atoms with Crippen molar-refractivity contribution in [1.29, 1.82) is 0 Å². The monoisotopic (exact) mass is 320 g/mol. The Morgan fingerprint density at radius 2 is 2.18 bits per heavy atom. The molecule has 0 amide bonds. The lowest BCUT2D eigenvalue weighted by atomic mass is 9.92. The molecular formula is C12H14BrClO3. The molecule has 0 fully saturated rings. The zero-order valence-corrected chi connectivity index (χ0v) is 11.7. The lowest BCUT2D eigenvalue weighted by Gasteiger charge is -2.20. The van der Waals surface area contributed by atoms with Crippen molar-refractivity contribution < 1.29 is 15.0 Å². The van der Waals surface area contributed by atoms with Gasteiger partial charge in [-0.2, -0.15) is 0 Å². The summed E-state index contributed by atoms with van der Waals surface area (Å²) in [6, 6.07) is 4.96. The number of carboxylic acid groups (broad SMARTS) is 1. The molecule has 1 rings (SSSR count). The average molecular weight is 322 g/mol. The molecule has 0 bridgehead atoms. The van der Waals surface area contributed by atoms with E-state index in [2.05, 4.69) is 15.9 Å². The third-order valence-electron chi connectivity index (χ3n) is 2.57. The quantitative estimate of drug-likeness (QED) is 0.870. The second-order valence-electron chi connectivity index (χ2n) is 3.84. The largest absolute Gasteiger partial charge is 0.481 e. The molecule has 0 spiro atoms. The van der Waals surface area contributed by atoms with Gasteiger partial charge in [0.05, 0.1) is 12.0 Å². The second-order valence-corrected chi connectivity index (χ2v) is 5.13. The van der Waals surface area contributed by atoms with E-state index in [9.17, 15) is 9.90 Å². The Labute approximate surface area is 114 Å². The summed E-state index contributed by atoms with van der Waals surface area (Å²) in [7, 11) is 0. The van der Waals surface area contributed by atoms with Crippen molar-refractivity contribution in [3.8, 4) is 0 Å². The van der Waals surface area contributed by atoms with Gasteiger partial charge in [0.1, 0.15) is 0 Å². The molecule has 5 heteroatoms. The van der Waals surface area contributed by atoms with E-state index < -0.39 is 18.0 Å². The summed E-state index contributed by atoms with van der Waals surface area (Å²) >= 11 is 9.13. The third-order valence-corrected chi connectivity index (χ3v) is 3.53. The van der Waals surface area contributed by atoms with Crippen LogP contribution in [0.1, 0.15) is 31.4 Å². The van der Waals surface area contributed by atoms with Crippen LogP contribution in [0.15, 0.2) is 22.7 Å². The first kappa shape index (κ1) is 14.5. The van der Waals surface area contributed by atoms with Crippen LogP contribution < -0.4 is 0 Å². The Bertz CT molecular complexity index is 409. The topological polar surface area (TPSA) is 57.5 Å². The smallest absolute Gasteiger partial charge is 0.309 e. The van der Waals surface area contributed by atoms with Crippen LogP contribution in [0.4, 0.5) is 0 Å². The summed E-state index contributed by atoms with van der Waals surface area (Å²) in [5.41, 5.74) is 0.512. The fraction of sp³-hybridized carbons (Fsp3) is 0.417. The van der Waals surface area contributed by atoms with Crippen molar-refractivity contribution in [2.45, 2.75) is 25.9 Å². The van der Waals surface area contributed by atoms with Crippen LogP contribution in [0.3, 0.4) is 0 Å². The zero-order chi connectivity index (χ0) is 13.0. The van der Waals surface area contributed by atoms with Crippen LogP contribution in [0, 0.1) is 5.92 Å². The Kier molecular flexibility index (Phi) is 5.43. The molecule has 0 heterocycles. The number of aliphatic hydroxyl groups is 1.